The van der Waals surface area contributed by atoms with Crippen molar-refractivity contribution in [2.24, 2.45) is 0 Å². The van der Waals surface area contributed by atoms with Crippen molar-refractivity contribution >= 4 is 29.0 Å². The summed E-state index contributed by atoms with van der Waals surface area (Å²) >= 11 is 12.1. The Morgan fingerprint density at radius 3 is 2.44 bits per heavy atom. The third-order valence-electron chi connectivity index (χ3n) is 4.82. The van der Waals surface area contributed by atoms with Crippen LogP contribution in [0.5, 0.6) is 17.2 Å². The molecule has 3 aromatic rings. The predicted octanol–water partition coefficient (Wildman–Crippen LogP) is 7.76. The summed E-state index contributed by atoms with van der Waals surface area (Å²) in [6.07, 6.45) is -4.55. The van der Waals surface area contributed by atoms with Crippen molar-refractivity contribution in [1.82, 2.24) is 0 Å². The minimum absolute atomic E-state index is 0.0214. The van der Waals surface area contributed by atoms with Crippen LogP contribution in [-0.2, 0) is 11.0 Å². The number of hydrogen-bond donors (Lipinski definition) is 0. The van der Waals surface area contributed by atoms with Crippen LogP contribution in [0.1, 0.15) is 29.0 Å². The van der Waals surface area contributed by atoms with Crippen molar-refractivity contribution in [1.29, 1.82) is 5.26 Å². The Morgan fingerprint density at radius 2 is 1.79 bits per heavy atom. The molecule has 0 aliphatic carbocycles. The Hall–Kier alpha value is -3.21. The molecule has 0 heterocycles. The third kappa shape index (κ3) is 6.43. The summed E-state index contributed by atoms with van der Waals surface area (Å²) in [6, 6.07) is 16.4. The highest BCUT2D eigenvalue weighted by atomic mass is 35.5. The number of nitrogens with zero attached hydrogens (tertiary/aromatic N) is 1. The van der Waals surface area contributed by atoms with Gasteiger partial charge in [-0.3, -0.25) is 4.79 Å². The van der Waals surface area contributed by atoms with Gasteiger partial charge in [-0.25, -0.2) is 0 Å². The topological polar surface area (TPSA) is 59.3 Å². The summed E-state index contributed by atoms with van der Waals surface area (Å²) in [4.78, 5) is 12.5. The lowest BCUT2D eigenvalue weighted by atomic mass is 9.93. The molecule has 0 spiro atoms. The van der Waals surface area contributed by atoms with Gasteiger partial charge in [0.25, 0.3) is 0 Å². The van der Waals surface area contributed by atoms with Crippen molar-refractivity contribution in [2.75, 3.05) is 6.61 Å². The fraction of sp³-hybridized carbons (Fsp3) is 0.200. The highest BCUT2D eigenvalue weighted by Crippen LogP contribution is 2.38. The van der Waals surface area contributed by atoms with E-state index in [1.807, 2.05) is 19.1 Å². The van der Waals surface area contributed by atoms with Gasteiger partial charge in [-0.2, -0.15) is 18.4 Å². The summed E-state index contributed by atoms with van der Waals surface area (Å²) in [5.74, 6) is -0.752. The molecule has 0 aliphatic rings. The van der Waals surface area contributed by atoms with Gasteiger partial charge in [0.2, 0.25) is 0 Å². The van der Waals surface area contributed by atoms with Crippen molar-refractivity contribution in [3.05, 3.63) is 87.4 Å². The monoisotopic (exact) mass is 507 g/mol. The molecule has 0 bridgehead atoms. The molecule has 0 amide bonds. The number of nitriles is 1. The Morgan fingerprint density at radius 1 is 1.03 bits per heavy atom. The summed E-state index contributed by atoms with van der Waals surface area (Å²) in [6.45, 7) is 1.84. The average Bonchev–Trinajstić information content (AvgIpc) is 2.77. The molecule has 9 heteroatoms. The van der Waals surface area contributed by atoms with Crippen LogP contribution in [0.15, 0.2) is 60.7 Å². The maximum atomic E-state index is 12.8. The lowest BCUT2D eigenvalue weighted by Gasteiger charge is -2.14. The second kappa shape index (κ2) is 10.8. The summed E-state index contributed by atoms with van der Waals surface area (Å²) < 4.78 is 49.6. The standard InChI is InChI=1S/C25H18Cl2F3NO3/c1-15-3-2-4-16(11-15)19(14-31)22(32)9-10-33-24-13-18(6-7-20(24)26)34-23-8-5-17(12-21(23)27)25(28,29)30/h2-8,11-13,19H,9-10H2,1H3. The number of aryl methyl sites for hydroxylation is 1. The van der Waals surface area contributed by atoms with Crippen molar-refractivity contribution < 1.29 is 27.4 Å². The second-order valence-electron chi connectivity index (χ2n) is 7.38. The second-order valence-corrected chi connectivity index (χ2v) is 8.19. The molecule has 1 unspecified atom stereocenters. The number of hydrogen-bond acceptors (Lipinski definition) is 4. The molecule has 0 aromatic heterocycles. The van der Waals surface area contributed by atoms with E-state index < -0.39 is 17.7 Å². The molecule has 34 heavy (non-hydrogen) atoms. The smallest absolute Gasteiger partial charge is 0.416 e. The first-order valence-corrected chi connectivity index (χ1v) is 10.8. The van der Waals surface area contributed by atoms with E-state index in [1.54, 1.807) is 18.2 Å². The summed E-state index contributed by atoms with van der Waals surface area (Å²) in [7, 11) is 0. The molecule has 0 fully saturated rings. The van der Waals surface area contributed by atoms with E-state index in [0.29, 0.717) is 5.56 Å². The van der Waals surface area contributed by atoms with Crippen molar-refractivity contribution in [3.8, 4) is 23.3 Å². The quantitative estimate of drug-likeness (QED) is 0.312. The highest BCUT2D eigenvalue weighted by molar-refractivity contribution is 6.32. The van der Waals surface area contributed by atoms with E-state index in [1.165, 1.54) is 18.2 Å². The Labute approximate surface area is 204 Å². The molecule has 0 aliphatic heterocycles. The van der Waals surface area contributed by atoms with Gasteiger partial charge in [-0.15, -0.1) is 0 Å². The molecule has 3 rings (SSSR count). The largest absolute Gasteiger partial charge is 0.491 e. The van der Waals surface area contributed by atoms with Gasteiger partial charge in [0.05, 0.1) is 28.3 Å². The number of carbonyl (C=O) groups is 1. The van der Waals surface area contributed by atoms with E-state index in [-0.39, 0.29) is 46.1 Å². The molecular formula is C25H18Cl2F3NO3. The maximum Gasteiger partial charge on any atom is 0.416 e. The number of benzene rings is 3. The van der Waals surface area contributed by atoms with Gasteiger partial charge in [-0.1, -0.05) is 53.0 Å². The molecular weight excluding hydrogens is 490 g/mol. The van der Waals surface area contributed by atoms with Crippen LogP contribution in [0.2, 0.25) is 10.0 Å². The zero-order chi connectivity index (χ0) is 24.9. The van der Waals surface area contributed by atoms with Crippen molar-refractivity contribution in [3.63, 3.8) is 0 Å². The first-order valence-electron chi connectivity index (χ1n) is 10.0. The molecule has 0 N–H and O–H groups in total. The Bertz CT molecular complexity index is 1240. The van der Waals surface area contributed by atoms with Gasteiger partial charge in [0.15, 0.2) is 5.78 Å². The fourth-order valence-corrected chi connectivity index (χ4v) is 3.52. The van der Waals surface area contributed by atoms with Gasteiger partial charge >= 0.3 is 6.18 Å². The Balaban J connectivity index is 1.65. The number of alkyl halides is 3. The number of rotatable bonds is 8. The van der Waals surface area contributed by atoms with Crippen molar-refractivity contribution in [2.45, 2.75) is 25.4 Å². The van der Waals surface area contributed by atoms with E-state index in [2.05, 4.69) is 0 Å². The molecule has 176 valence electrons. The lowest BCUT2D eigenvalue weighted by molar-refractivity contribution is -0.137. The van der Waals surface area contributed by atoms with Gasteiger partial charge in [0.1, 0.15) is 23.2 Å². The van der Waals surface area contributed by atoms with Crippen LogP contribution in [0.25, 0.3) is 0 Å². The summed E-state index contributed by atoms with van der Waals surface area (Å²) in [5, 5.41) is 9.47. The van der Waals surface area contributed by atoms with E-state index in [0.717, 1.165) is 23.8 Å². The first-order chi connectivity index (χ1) is 16.1. The number of ether oxygens (including phenoxy) is 2. The minimum atomic E-state index is -4.52. The molecule has 4 nitrogen and oxygen atoms in total. The molecule has 3 aromatic carbocycles. The SMILES string of the molecule is Cc1cccc(C(C#N)C(=O)CCOc2cc(Oc3ccc(C(F)(F)F)cc3Cl)ccc2Cl)c1. The van der Waals surface area contributed by atoms with Gasteiger partial charge < -0.3 is 9.47 Å². The molecule has 0 radical (unpaired) electrons. The normalized spacial score (nSPS) is 12.0. The van der Waals surface area contributed by atoms with Crippen LogP contribution < -0.4 is 9.47 Å². The molecule has 0 saturated carbocycles. The van der Waals surface area contributed by atoms with Gasteiger partial charge in [0, 0.05) is 12.5 Å². The number of ketones is 1. The third-order valence-corrected chi connectivity index (χ3v) is 5.43. The van der Waals surface area contributed by atoms with Crippen LogP contribution in [0.3, 0.4) is 0 Å². The number of carbonyl (C=O) groups excluding carboxylic acids is 1. The van der Waals surface area contributed by atoms with Crippen LogP contribution in [0, 0.1) is 18.3 Å². The number of halogens is 5. The van der Waals surface area contributed by atoms with E-state index in [9.17, 15) is 23.2 Å². The maximum absolute atomic E-state index is 12.8. The first kappa shape index (κ1) is 25.4. The number of Topliss-reactive ketones (excluding diaryl/α,β-unsaturated/α-hetero) is 1. The molecule has 0 saturated heterocycles. The average molecular weight is 508 g/mol. The molecule has 1 atom stereocenters. The lowest BCUT2D eigenvalue weighted by Crippen LogP contribution is -2.14. The van der Waals surface area contributed by atoms with Crippen LogP contribution >= 0.6 is 23.2 Å². The Kier molecular flexibility index (Phi) is 8.08. The van der Waals surface area contributed by atoms with Crippen LogP contribution in [0.4, 0.5) is 13.2 Å². The van der Waals surface area contributed by atoms with E-state index in [4.69, 9.17) is 32.7 Å². The van der Waals surface area contributed by atoms with E-state index >= 15 is 0 Å². The zero-order valence-corrected chi connectivity index (χ0v) is 19.3. The van der Waals surface area contributed by atoms with Gasteiger partial charge in [-0.05, 0) is 42.8 Å². The zero-order valence-electron chi connectivity index (χ0n) is 17.8. The highest BCUT2D eigenvalue weighted by Gasteiger charge is 2.31. The summed E-state index contributed by atoms with van der Waals surface area (Å²) in [5.41, 5.74) is 0.670. The fourth-order valence-electron chi connectivity index (χ4n) is 3.13. The predicted molar refractivity (Wildman–Crippen MR) is 123 cm³/mol. The minimum Gasteiger partial charge on any atom is -0.491 e. The van der Waals surface area contributed by atoms with Crippen LogP contribution in [-0.4, -0.2) is 12.4 Å².